The maximum atomic E-state index is 12.8. The molecular weight excluding hydrogens is 458 g/mol. The first-order chi connectivity index (χ1) is 15.0. The van der Waals surface area contributed by atoms with E-state index in [-0.39, 0.29) is 18.9 Å². The number of halogens is 1. The van der Waals surface area contributed by atoms with Gasteiger partial charge in [-0.15, -0.1) is 0 Å². The average Bonchev–Trinajstić information content (AvgIpc) is 3.07. The number of fused-ring (bicyclic) bond motifs is 3. The van der Waals surface area contributed by atoms with Crippen molar-refractivity contribution in [3.8, 4) is 11.1 Å². The second kappa shape index (κ2) is 9.04. The molecule has 3 N–H and O–H groups in total. The first kappa shape index (κ1) is 21.3. The Morgan fingerprint density at radius 1 is 0.935 bits per heavy atom. The van der Waals surface area contributed by atoms with Crippen molar-refractivity contribution in [2.75, 3.05) is 6.61 Å². The van der Waals surface area contributed by atoms with Crippen molar-refractivity contribution in [1.82, 2.24) is 0 Å². The van der Waals surface area contributed by atoms with Crippen molar-refractivity contribution >= 4 is 27.9 Å². The highest BCUT2D eigenvalue weighted by atomic mass is 79.9. The molecule has 0 fully saturated rings. The lowest BCUT2D eigenvalue weighted by Gasteiger charge is -2.21. The highest BCUT2D eigenvalue weighted by Crippen LogP contribution is 2.44. The molecule has 3 aromatic carbocycles. The third-order valence-electron chi connectivity index (χ3n) is 5.69. The molecule has 0 saturated carbocycles. The molecule has 31 heavy (non-hydrogen) atoms. The predicted octanol–water partition coefficient (Wildman–Crippen LogP) is 4.38. The van der Waals surface area contributed by atoms with E-state index in [2.05, 4.69) is 15.9 Å². The zero-order chi connectivity index (χ0) is 22.0. The van der Waals surface area contributed by atoms with Gasteiger partial charge >= 0.3 is 11.9 Å². The van der Waals surface area contributed by atoms with Crippen LogP contribution in [-0.2, 0) is 20.7 Å². The molecule has 0 spiro atoms. The van der Waals surface area contributed by atoms with Crippen LogP contribution in [0, 0.1) is 5.92 Å². The van der Waals surface area contributed by atoms with Crippen molar-refractivity contribution in [3.63, 3.8) is 0 Å². The van der Waals surface area contributed by atoms with Gasteiger partial charge in [-0.2, -0.15) is 0 Å². The minimum absolute atomic E-state index is 0.0711. The topological polar surface area (TPSA) is 89.6 Å². The van der Waals surface area contributed by atoms with Gasteiger partial charge in [0.15, 0.2) is 5.92 Å². The Labute approximate surface area is 189 Å². The van der Waals surface area contributed by atoms with E-state index in [4.69, 9.17) is 10.5 Å². The van der Waals surface area contributed by atoms with Crippen LogP contribution >= 0.6 is 15.9 Å². The lowest BCUT2D eigenvalue weighted by molar-refractivity contribution is -0.159. The standard InChI is InChI=1S/C25H22BrNO4/c26-16-11-9-15(10-12-16)13-22(27)23(24(28)29)25(30)31-14-21-19-7-3-1-5-17(19)18-6-2-4-8-20(18)21/h1-12,21-23H,13-14,27H2,(H,28,29)/t22-,23-/m1/s1. The molecule has 0 aliphatic heterocycles. The van der Waals surface area contributed by atoms with Gasteiger partial charge in [0, 0.05) is 16.4 Å². The molecular formula is C25H22BrNO4. The second-order valence-corrected chi connectivity index (χ2v) is 8.58. The van der Waals surface area contributed by atoms with E-state index in [1.165, 1.54) is 0 Å². The van der Waals surface area contributed by atoms with Crippen LogP contribution in [0.25, 0.3) is 11.1 Å². The SMILES string of the molecule is N[C@H](Cc1ccc(Br)cc1)[C@H](C(=O)O)C(=O)OCC1c2ccccc2-c2ccccc21. The van der Waals surface area contributed by atoms with Crippen LogP contribution in [0.4, 0.5) is 0 Å². The molecule has 5 nitrogen and oxygen atoms in total. The second-order valence-electron chi connectivity index (χ2n) is 7.67. The largest absolute Gasteiger partial charge is 0.481 e. The molecule has 0 bridgehead atoms. The first-order valence-corrected chi connectivity index (χ1v) is 10.8. The van der Waals surface area contributed by atoms with E-state index >= 15 is 0 Å². The summed E-state index contributed by atoms with van der Waals surface area (Å²) in [5, 5.41) is 9.66. The molecule has 1 aliphatic carbocycles. The minimum Gasteiger partial charge on any atom is -0.481 e. The Morgan fingerprint density at radius 2 is 1.48 bits per heavy atom. The summed E-state index contributed by atoms with van der Waals surface area (Å²) >= 11 is 3.36. The number of esters is 1. The number of ether oxygens (including phenoxy) is 1. The summed E-state index contributed by atoms with van der Waals surface area (Å²) < 4.78 is 6.45. The van der Waals surface area contributed by atoms with Gasteiger partial charge in [0.25, 0.3) is 0 Å². The monoisotopic (exact) mass is 479 g/mol. The highest BCUT2D eigenvalue weighted by Gasteiger charge is 2.36. The molecule has 6 heteroatoms. The molecule has 2 atom stereocenters. The summed E-state index contributed by atoms with van der Waals surface area (Å²) in [4.78, 5) is 24.6. The molecule has 3 aromatic rings. The summed E-state index contributed by atoms with van der Waals surface area (Å²) in [5.74, 6) is -3.65. The number of hydrogen-bond donors (Lipinski definition) is 2. The van der Waals surface area contributed by atoms with Gasteiger partial charge in [0.05, 0.1) is 0 Å². The Morgan fingerprint density at radius 3 is 2.03 bits per heavy atom. The molecule has 0 aromatic heterocycles. The molecule has 0 radical (unpaired) electrons. The van der Waals surface area contributed by atoms with Crippen molar-refractivity contribution in [1.29, 1.82) is 0 Å². The number of carbonyl (C=O) groups excluding carboxylic acids is 1. The molecule has 0 heterocycles. The highest BCUT2D eigenvalue weighted by molar-refractivity contribution is 9.10. The zero-order valence-electron chi connectivity index (χ0n) is 16.7. The van der Waals surface area contributed by atoms with Crippen LogP contribution < -0.4 is 5.73 Å². The van der Waals surface area contributed by atoms with Gasteiger partial charge in [-0.05, 0) is 46.4 Å². The van der Waals surface area contributed by atoms with E-state index < -0.39 is 23.9 Å². The van der Waals surface area contributed by atoms with Gasteiger partial charge in [-0.25, -0.2) is 0 Å². The van der Waals surface area contributed by atoms with Crippen LogP contribution in [0.15, 0.2) is 77.3 Å². The van der Waals surface area contributed by atoms with Crippen LogP contribution in [0.2, 0.25) is 0 Å². The Hall–Kier alpha value is -2.96. The maximum absolute atomic E-state index is 12.8. The van der Waals surface area contributed by atoms with Crippen LogP contribution in [0.5, 0.6) is 0 Å². The molecule has 1 aliphatic rings. The van der Waals surface area contributed by atoms with Gasteiger partial charge < -0.3 is 15.6 Å². The van der Waals surface area contributed by atoms with Gasteiger partial charge in [-0.3, -0.25) is 9.59 Å². The fourth-order valence-corrected chi connectivity index (χ4v) is 4.43. The van der Waals surface area contributed by atoms with E-state index in [9.17, 15) is 14.7 Å². The van der Waals surface area contributed by atoms with Gasteiger partial charge in [0.1, 0.15) is 6.61 Å². The van der Waals surface area contributed by atoms with Crippen molar-refractivity contribution in [2.45, 2.75) is 18.4 Å². The number of hydrogen-bond acceptors (Lipinski definition) is 4. The van der Waals surface area contributed by atoms with Crippen LogP contribution in [0.1, 0.15) is 22.6 Å². The fraction of sp³-hybridized carbons (Fsp3) is 0.200. The fourth-order valence-electron chi connectivity index (χ4n) is 4.16. The van der Waals surface area contributed by atoms with Crippen molar-refractivity contribution in [3.05, 3.63) is 94.0 Å². The van der Waals surface area contributed by atoms with E-state index in [0.717, 1.165) is 32.3 Å². The third-order valence-corrected chi connectivity index (χ3v) is 6.22. The van der Waals surface area contributed by atoms with Gasteiger partial charge in [-0.1, -0.05) is 76.6 Å². The van der Waals surface area contributed by atoms with E-state index in [1.54, 1.807) is 0 Å². The smallest absolute Gasteiger partial charge is 0.321 e. The number of carboxylic acid groups (broad SMARTS) is 1. The summed E-state index contributed by atoms with van der Waals surface area (Å²) in [6.07, 6.45) is 0.258. The summed E-state index contributed by atoms with van der Waals surface area (Å²) in [7, 11) is 0. The molecule has 0 saturated heterocycles. The Bertz CT molecular complexity index is 1070. The normalized spacial score (nSPS) is 14.4. The predicted molar refractivity (Wildman–Crippen MR) is 122 cm³/mol. The quantitative estimate of drug-likeness (QED) is 0.387. The lowest BCUT2D eigenvalue weighted by Crippen LogP contribution is -2.43. The van der Waals surface area contributed by atoms with Crippen molar-refractivity contribution in [2.24, 2.45) is 11.7 Å². The Balaban J connectivity index is 1.49. The van der Waals surface area contributed by atoms with Crippen molar-refractivity contribution < 1.29 is 19.4 Å². The van der Waals surface area contributed by atoms with E-state index in [0.29, 0.717) is 0 Å². The summed E-state index contributed by atoms with van der Waals surface area (Å²) in [6, 6.07) is 22.5. The van der Waals surface area contributed by atoms with Crippen LogP contribution in [-0.4, -0.2) is 29.7 Å². The number of aliphatic carboxylic acids is 1. The van der Waals surface area contributed by atoms with Gasteiger partial charge in [0.2, 0.25) is 0 Å². The molecule has 4 rings (SSSR count). The van der Waals surface area contributed by atoms with Crippen LogP contribution in [0.3, 0.4) is 0 Å². The number of benzene rings is 3. The lowest BCUT2D eigenvalue weighted by atomic mass is 9.94. The minimum atomic E-state index is -1.43. The number of carbonyl (C=O) groups is 2. The molecule has 0 unspecified atom stereocenters. The van der Waals surface area contributed by atoms with E-state index in [1.807, 2.05) is 72.8 Å². The number of rotatable bonds is 7. The first-order valence-electron chi connectivity index (χ1n) is 10.0. The summed E-state index contributed by atoms with van der Waals surface area (Å²) in [6.45, 7) is 0.0711. The average molecular weight is 480 g/mol. The number of carboxylic acids is 1. The number of nitrogens with two attached hydrogens (primary N) is 1. The molecule has 158 valence electrons. The summed E-state index contributed by atoms with van der Waals surface area (Å²) in [5.41, 5.74) is 11.4. The zero-order valence-corrected chi connectivity index (χ0v) is 18.3. The molecule has 0 amide bonds. The maximum Gasteiger partial charge on any atom is 0.321 e. The third kappa shape index (κ3) is 4.40. The Kier molecular flexibility index (Phi) is 6.20.